The fourth-order valence-electron chi connectivity index (χ4n) is 1.16. The Hall–Kier alpha value is 0.210. The van der Waals surface area contributed by atoms with E-state index in [-0.39, 0.29) is 0 Å². The Bertz CT molecular complexity index is 183. The largest absolute Gasteiger partial charge is 0.0815 e. The van der Waals surface area contributed by atoms with Crippen LogP contribution in [0, 0.1) is 0 Å². The van der Waals surface area contributed by atoms with Crippen molar-refractivity contribution in [3.05, 3.63) is 20.8 Å². The summed E-state index contributed by atoms with van der Waals surface area (Å²) in [6.45, 7) is 4.42. The molecule has 0 atom stereocenters. The zero-order valence-corrected chi connectivity index (χ0v) is 8.73. The molecule has 0 aliphatic heterocycles. The zero-order chi connectivity index (χ0) is 7.56. The first-order valence-corrected chi connectivity index (χ1v) is 4.78. The first-order valence-electron chi connectivity index (χ1n) is 3.70. The van der Waals surface area contributed by atoms with Crippen LogP contribution in [-0.2, 0) is 0 Å². The molecule has 0 radical (unpaired) electrons. The highest BCUT2D eigenvalue weighted by Gasteiger charge is 2.05. The minimum absolute atomic E-state index is 1.20. The van der Waals surface area contributed by atoms with Gasteiger partial charge in [0.05, 0.1) is 0 Å². The molecule has 0 saturated heterocycles. The zero-order valence-electron chi connectivity index (χ0n) is 6.58. The van der Waals surface area contributed by atoms with Gasteiger partial charge in [0, 0.05) is 0 Å². The molecule has 0 heterocycles. The summed E-state index contributed by atoms with van der Waals surface area (Å²) >= 11 is 2.42. The molecule has 0 amide bonds. The lowest BCUT2D eigenvalue weighted by atomic mass is 9.96. The summed E-state index contributed by atoms with van der Waals surface area (Å²) in [5.74, 6) is 0. The molecule has 0 aromatic heterocycles. The van der Waals surface area contributed by atoms with Crippen molar-refractivity contribution in [1.29, 1.82) is 0 Å². The summed E-state index contributed by atoms with van der Waals surface area (Å²) in [4.78, 5) is 0. The molecule has 1 aliphatic rings. The van der Waals surface area contributed by atoms with Crippen LogP contribution in [0.2, 0.25) is 0 Å². The first-order chi connectivity index (χ1) is 4.70. The fourth-order valence-corrected chi connectivity index (χ4v) is 1.65. The number of halogens is 1. The minimum Gasteiger partial charge on any atom is -0.0815 e. The maximum atomic E-state index is 2.42. The summed E-state index contributed by atoms with van der Waals surface area (Å²) in [5, 5.41) is 0. The normalized spacial score (nSPS) is 24.1. The van der Waals surface area contributed by atoms with Gasteiger partial charge in [-0.2, -0.15) is 0 Å². The molecule has 0 bridgehead atoms. The molecular weight excluding hydrogens is 235 g/mol. The lowest BCUT2D eigenvalue weighted by molar-refractivity contribution is 0.846. The van der Waals surface area contributed by atoms with E-state index in [1.165, 1.54) is 22.8 Å². The molecule has 10 heavy (non-hydrogen) atoms. The predicted molar refractivity (Wildman–Crippen MR) is 54.3 cm³/mol. The van der Waals surface area contributed by atoms with Crippen LogP contribution in [0.3, 0.4) is 0 Å². The van der Waals surface area contributed by atoms with E-state index in [9.17, 15) is 0 Å². The van der Waals surface area contributed by atoms with Crippen LogP contribution in [0.25, 0.3) is 0 Å². The van der Waals surface area contributed by atoms with E-state index >= 15 is 0 Å². The van der Waals surface area contributed by atoms with Crippen LogP contribution in [-0.4, -0.2) is 0 Å². The van der Waals surface area contributed by atoms with E-state index in [1.54, 1.807) is 11.1 Å². The van der Waals surface area contributed by atoms with Crippen LogP contribution in [0.4, 0.5) is 0 Å². The van der Waals surface area contributed by atoms with E-state index < -0.39 is 0 Å². The standard InChI is InChI=1S/C9H13I/c1-7-3-5-9(6-4-7)8(2)10/h3H,4-6H2,1-2H3/b9-8-. The number of hydrogen-bond donors (Lipinski definition) is 0. The average Bonchev–Trinajstić information content (AvgIpc) is 1.88. The molecule has 0 unspecified atom stereocenters. The molecular formula is C9H13I. The average molecular weight is 248 g/mol. The molecule has 0 fully saturated rings. The third kappa shape index (κ3) is 2.11. The highest BCUT2D eigenvalue weighted by Crippen LogP contribution is 2.27. The van der Waals surface area contributed by atoms with Crippen LogP contribution in [0.15, 0.2) is 20.8 Å². The fraction of sp³-hybridized carbons (Fsp3) is 0.556. The minimum atomic E-state index is 1.20. The Morgan fingerprint density at radius 2 is 2.20 bits per heavy atom. The van der Waals surface area contributed by atoms with Crippen molar-refractivity contribution >= 4 is 22.6 Å². The summed E-state index contributed by atoms with van der Waals surface area (Å²) in [5.41, 5.74) is 3.19. The van der Waals surface area contributed by atoms with E-state index in [2.05, 4.69) is 42.5 Å². The predicted octanol–water partition coefficient (Wildman–Crippen LogP) is 3.83. The van der Waals surface area contributed by atoms with Gasteiger partial charge >= 0.3 is 0 Å². The molecule has 56 valence electrons. The van der Waals surface area contributed by atoms with Gasteiger partial charge in [-0.15, -0.1) is 0 Å². The molecule has 0 saturated carbocycles. The second-order valence-electron chi connectivity index (χ2n) is 2.89. The summed E-state index contributed by atoms with van der Waals surface area (Å²) in [7, 11) is 0. The summed E-state index contributed by atoms with van der Waals surface area (Å²) in [6, 6.07) is 0. The van der Waals surface area contributed by atoms with E-state index in [0.717, 1.165) is 0 Å². The Balaban J connectivity index is 2.67. The van der Waals surface area contributed by atoms with Gasteiger partial charge in [-0.25, -0.2) is 0 Å². The van der Waals surface area contributed by atoms with Gasteiger partial charge in [0.25, 0.3) is 0 Å². The quantitative estimate of drug-likeness (QED) is 0.451. The van der Waals surface area contributed by atoms with Gasteiger partial charge in [0.2, 0.25) is 0 Å². The second kappa shape index (κ2) is 3.56. The van der Waals surface area contributed by atoms with Crippen LogP contribution in [0.5, 0.6) is 0 Å². The molecule has 0 aromatic rings. The molecule has 1 aliphatic carbocycles. The SMILES string of the molecule is CC1=CC/C(=C(\C)I)CC1. The molecule has 0 nitrogen and oxygen atoms in total. The van der Waals surface area contributed by atoms with Crippen molar-refractivity contribution in [3.8, 4) is 0 Å². The molecule has 0 spiro atoms. The third-order valence-electron chi connectivity index (χ3n) is 2.01. The van der Waals surface area contributed by atoms with Gasteiger partial charge in [0.15, 0.2) is 0 Å². The monoisotopic (exact) mass is 248 g/mol. The Kier molecular flexibility index (Phi) is 2.96. The van der Waals surface area contributed by atoms with Gasteiger partial charge < -0.3 is 0 Å². The number of rotatable bonds is 0. The molecule has 1 heteroatoms. The van der Waals surface area contributed by atoms with Gasteiger partial charge in [-0.3, -0.25) is 0 Å². The smallest absolute Gasteiger partial charge is 0.0126 e. The third-order valence-corrected chi connectivity index (χ3v) is 2.77. The van der Waals surface area contributed by atoms with Crippen molar-refractivity contribution in [2.45, 2.75) is 33.1 Å². The Labute approximate surface area is 76.5 Å². The lowest BCUT2D eigenvalue weighted by Gasteiger charge is -2.13. The second-order valence-corrected chi connectivity index (χ2v) is 4.51. The maximum Gasteiger partial charge on any atom is -0.0126 e. The van der Waals surface area contributed by atoms with Crippen molar-refractivity contribution in [2.24, 2.45) is 0 Å². The molecule has 0 N–H and O–H groups in total. The number of allylic oxidation sites excluding steroid dienone is 4. The summed E-state index contributed by atoms with van der Waals surface area (Å²) in [6.07, 6.45) is 6.11. The van der Waals surface area contributed by atoms with Crippen molar-refractivity contribution in [1.82, 2.24) is 0 Å². The Morgan fingerprint density at radius 3 is 2.60 bits per heavy atom. The Morgan fingerprint density at radius 1 is 1.50 bits per heavy atom. The molecule has 0 aromatic carbocycles. The summed E-state index contributed by atoms with van der Waals surface area (Å²) < 4.78 is 1.49. The van der Waals surface area contributed by atoms with Crippen LogP contribution in [0.1, 0.15) is 33.1 Å². The van der Waals surface area contributed by atoms with Gasteiger partial charge in [-0.1, -0.05) is 17.2 Å². The van der Waals surface area contributed by atoms with Crippen molar-refractivity contribution < 1.29 is 0 Å². The number of hydrogen-bond acceptors (Lipinski definition) is 0. The van der Waals surface area contributed by atoms with Crippen molar-refractivity contribution in [2.75, 3.05) is 0 Å². The highest BCUT2D eigenvalue weighted by molar-refractivity contribution is 14.1. The van der Waals surface area contributed by atoms with Crippen LogP contribution >= 0.6 is 22.6 Å². The molecule has 1 rings (SSSR count). The highest BCUT2D eigenvalue weighted by atomic mass is 127. The topological polar surface area (TPSA) is 0 Å². The van der Waals surface area contributed by atoms with E-state index in [1.807, 2.05) is 0 Å². The van der Waals surface area contributed by atoms with Crippen molar-refractivity contribution in [3.63, 3.8) is 0 Å². The van der Waals surface area contributed by atoms with Gasteiger partial charge in [-0.05, 0) is 59.3 Å². The van der Waals surface area contributed by atoms with Gasteiger partial charge in [0.1, 0.15) is 0 Å². The lowest BCUT2D eigenvalue weighted by Crippen LogP contribution is -1.92. The van der Waals surface area contributed by atoms with E-state index in [0.29, 0.717) is 0 Å². The maximum absolute atomic E-state index is 2.42. The van der Waals surface area contributed by atoms with Crippen LogP contribution < -0.4 is 0 Å². The first kappa shape index (κ1) is 8.31. The van der Waals surface area contributed by atoms with E-state index in [4.69, 9.17) is 0 Å².